The number of nitrogens with zero attached hydrogens (tertiary/aromatic N) is 2. The zero-order valence-electron chi connectivity index (χ0n) is 13.0. The van der Waals surface area contributed by atoms with E-state index in [0.717, 1.165) is 23.8 Å². The van der Waals surface area contributed by atoms with Crippen molar-refractivity contribution in [3.8, 4) is 11.5 Å². The summed E-state index contributed by atoms with van der Waals surface area (Å²) in [5, 5.41) is 9.78. The lowest BCUT2D eigenvalue weighted by Gasteiger charge is -2.07. The summed E-state index contributed by atoms with van der Waals surface area (Å²) in [6.07, 6.45) is -4.53. The van der Waals surface area contributed by atoms with Gasteiger partial charge in [-0.25, -0.2) is 0 Å². The van der Waals surface area contributed by atoms with Crippen LogP contribution in [0.15, 0.2) is 52.9 Å². The van der Waals surface area contributed by atoms with Gasteiger partial charge in [0.15, 0.2) is 0 Å². The van der Waals surface area contributed by atoms with Crippen LogP contribution in [0.2, 0.25) is 0 Å². The summed E-state index contributed by atoms with van der Waals surface area (Å²) >= 11 is 0. The molecule has 0 saturated carbocycles. The number of carbonyl (C=O) groups excluding carboxylic acids is 1. The van der Waals surface area contributed by atoms with Gasteiger partial charge in [0, 0.05) is 11.1 Å². The van der Waals surface area contributed by atoms with Crippen LogP contribution in [0, 0.1) is 6.92 Å². The number of nitrogens with one attached hydrogen (secondary N) is 1. The van der Waals surface area contributed by atoms with Gasteiger partial charge in [0.2, 0.25) is 5.89 Å². The molecule has 8 heteroatoms. The molecule has 0 aliphatic heterocycles. The van der Waals surface area contributed by atoms with Gasteiger partial charge in [-0.05, 0) is 37.3 Å². The number of aryl methyl sites for hydroxylation is 1. The monoisotopic (exact) mass is 347 g/mol. The van der Waals surface area contributed by atoms with E-state index in [9.17, 15) is 18.0 Å². The van der Waals surface area contributed by atoms with Gasteiger partial charge >= 0.3 is 12.2 Å². The highest BCUT2D eigenvalue weighted by Crippen LogP contribution is 2.29. The summed E-state index contributed by atoms with van der Waals surface area (Å²) in [5.74, 6) is -0.579. The number of benzene rings is 2. The normalized spacial score (nSPS) is 11.4. The minimum absolute atomic E-state index is 0.162. The summed E-state index contributed by atoms with van der Waals surface area (Å²) in [7, 11) is 0. The van der Waals surface area contributed by atoms with E-state index >= 15 is 0 Å². The van der Waals surface area contributed by atoms with Crippen molar-refractivity contribution in [1.29, 1.82) is 0 Å². The SMILES string of the molecule is Cc1ccc(-c2nnc(NC(=O)c3cccc(C(F)(F)F)c3)o2)cc1. The van der Waals surface area contributed by atoms with Crippen molar-refractivity contribution in [1.82, 2.24) is 10.2 Å². The van der Waals surface area contributed by atoms with E-state index in [1.54, 1.807) is 12.1 Å². The summed E-state index contributed by atoms with van der Waals surface area (Å²) in [4.78, 5) is 12.1. The number of hydrogen-bond donors (Lipinski definition) is 1. The maximum absolute atomic E-state index is 12.7. The van der Waals surface area contributed by atoms with Crippen molar-refractivity contribution in [3.63, 3.8) is 0 Å². The maximum Gasteiger partial charge on any atom is 0.416 e. The number of halogens is 3. The number of aromatic nitrogens is 2. The summed E-state index contributed by atoms with van der Waals surface area (Å²) in [6, 6.07) is 11.2. The molecular formula is C17H12F3N3O2. The molecule has 3 rings (SSSR count). The Morgan fingerprint density at radius 2 is 1.80 bits per heavy atom. The van der Waals surface area contributed by atoms with Gasteiger partial charge in [0.1, 0.15) is 0 Å². The zero-order chi connectivity index (χ0) is 18.0. The van der Waals surface area contributed by atoms with Crippen molar-refractivity contribution < 1.29 is 22.4 Å². The first kappa shape index (κ1) is 16.7. The number of anilines is 1. The van der Waals surface area contributed by atoms with E-state index in [2.05, 4.69) is 15.5 Å². The van der Waals surface area contributed by atoms with Crippen LogP contribution >= 0.6 is 0 Å². The van der Waals surface area contributed by atoms with Crippen LogP contribution in [-0.2, 0) is 6.18 Å². The Labute approximate surface area is 140 Å². The maximum atomic E-state index is 12.7. The molecule has 2 aromatic carbocycles. The van der Waals surface area contributed by atoms with Gasteiger partial charge in [-0.15, -0.1) is 5.10 Å². The molecule has 128 valence electrons. The zero-order valence-corrected chi connectivity index (χ0v) is 13.0. The first-order valence-corrected chi connectivity index (χ1v) is 7.22. The number of hydrogen-bond acceptors (Lipinski definition) is 4. The highest BCUT2D eigenvalue weighted by atomic mass is 19.4. The van der Waals surface area contributed by atoms with Gasteiger partial charge in [-0.3, -0.25) is 10.1 Å². The largest absolute Gasteiger partial charge is 0.416 e. The average molecular weight is 347 g/mol. The summed E-state index contributed by atoms with van der Waals surface area (Å²) in [6.45, 7) is 1.93. The van der Waals surface area contributed by atoms with Crippen LogP contribution in [0.25, 0.3) is 11.5 Å². The molecule has 0 unspecified atom stereocenters. The first-order chi connectivity index (χ1) is 11.8. The lowest BCUT2D eigenvalue weighted by molar-refractivity contribution is -0.137. The van der Waals surface area contributed by atoms with E-state index in [0.29, 0.717) is 5.56 Å². The summed E-state index contributed by atoms with van der Waals surface area (Å²) in [5.41, 5.74) is 0.648. The van der Waals surface area contributed by atoms with Crippen LogP contribution in [0.1, 0.15) is 21.5 Å². The van der Waals surface area contributed by atoms with Gasteiger partial charge in [-0.2, -0.15) is 13.2 Å². The molecule has 1 amide bonds. The Bertz CT molecular complexity index is 902. The van der Waals surface area contributed by atoms with Crippen molar-refractivity contribution in [2.24, 2.45) is 0 Å². The third-order valence-electron chi connectivity index (χ3n) is 3.40. The molecule has 0 radical (unpaired) electrons. The fourth-order valence-electron chi connectivity index (χ4n) is 2.09. The topological polar surface area (TPSA) is 68.0 Å². The molecule has 0 bridgehead atoms. The van der Waals surface area contributed by atoms with Gasteiger partial charge in [0.05, 0.1) is 5.56 Å². The Morgan fingerprint density at radius 3 is 2.48 bits per heavy atom. The van der Waals surface area contributed by atoms with Crippen molar-refractivity contribution >= 4 is 11.9 Å². The van der Waals surface area contributed by atoms with Crippen LogP contribution in [-0.4, -0.2) is 16.1 Å². The molecule has 3 aromatic rings. The van der Waals surface area contributed by atoms with Gasteiger partial charge in [0.25, 0.3) is 5.91 Å². The Balaban J connectivity index is 1.77. The van der Waals surface area contributed by atoms with E-state index in [-0.39, 0.29) is 17.5 Å². The fourth-order valence-corrected chi connectivity index (χ4v) is 2.09. The summed E-state index contributed by atoms with van der Waals surface area (Å²) < 4.78 is 43.4. The number of carbonyl (C=O) groups is 1. The second kappa shape index (κ2) is 6.39. The van der Waals surface area contributed by atoms with E-state index < -0.39 is 17.6 Å². The fraction of sp³-hybridized carbons (Fsp3) is 0.118. The Kier molecular flexibility index (Phi) is 4.26. The third-order valence-corrected chi connectivity index (χ3v) is 3.40. The minimum atomic E-state index is -4.53. The standard InChI is InChI=1S/C17H12F3N3O2/c1-10-5-7-11(8-6-10)15-22-23-16(25-15)21-14(24)12-3-2-4-13(9-12)17(18,19)20/h2-9H,1H3,(H,21,23,24). The van der Waals surface area contributed by atoms with Gasteiger partial charge < -0.3 is 4.42 Å². The minimum Gasteiger partial charge on any atom is -0.403 e. The van der Waals surface area contributed by atoms with E-state index in [1.807, 2.05) is 19.1 Å². The number of rotatable bonds is 3. The molecule has 5 nitrogen and oxygen atoms in total. The molecule has 25 heavy (non-hydrogen) atoms. The lowest BCUT2D eigenvalue weighted by atomic mass is 10.1. The third kappa shape index (κ3) is 3.85. The molecule has 1 heterocycles. The van der Waals surface area contributed by atoms with Gasteiger partial charge in [-0.1, -0.05) is 28.9 Å². The predicted octanol–water partition coefficient (Wildman–Crippen LogP) is 4.32. The van der Waals surface area contributed by atoms with Crippen molar-refractivity contribution in [2.75, 3.05) is 5.32 Å². The molecular weight excluding hydrogens is 335 g/mol. The van der Waals surface area contributed by atoms with E-state index in [4.69, 9.17) is 4.42 Å². The molecule has 0 aliphatic carbocycles. The van der Waals surface area contributed by atoms with Crippen LogP contribution in [0.3, 0.4) is 0 Å². The molecule has 1 N–H and O–H groups in total. The molecule has 0 atom stereocenters. The smallest absolute Gasteiger partial charge is 0.403 e. The molecule has 0 saturated heterocycles. The number of amides is 1. The highest BCUT2D eigenvalue weighted by Gasteiger charge is 2.31. The van der Waals surface area contributed by atoms with Crippen LogP contribution < -0.4 is 5.32 Å². The highest BCUT2D eigenvalue weighted by molar-refractivity contribution is 6.03. The van der Waals surface area contributed by atoms with E-state index in [1.165, 1.54) is 6.07 Å². The Morgan fingerprint density at radius 1 is 1.08 bits per heavy atom. The first-order valence-electron chi connectivity index (χ1n) is 7.22. The molecule has 0 aliphatic rings. The quantitative estimate of drug-likeness (QED) is 0.766. The van der Waals surface area contributed by atoms with Crippen LogP contribution in [0.4, 0.5) is 19.2 Å². The molecule has 1 aromatic heterocycles. The molecule has 0 fully saturated rings. The lowest BCUT2D eigenvalue weighted by Crippen LogP contribution is -2.14. The van der Waals surface area contributed by atoms with Crippen molar-refractivity contribution in [3.05, 3.63) is 65.2 Å². The van der Waals surface area contributed by atoms with Crippen molar-refractivity contribution in [2.45, 2.75) is 13.1 Å². The average Bonchev–Trinajstić information content (AvgIpc) is 3.03. The Hall–Kier alpha value is -3.16. The molecule has 0 spiro atoms. The second-order valence-electron chi connectivity index (χ2n) is 5.31. The number of alkyl halides is 3. The van der Waals surface area contributed by atoms with Crippen LogP contribution in [0.5, 0.6) is 0 Å². The predicted molar refractivity (Wildman–Crippen MR) is 83.9 cm³/mol. The second-order valence-corrected chi connectivity index (χ2v) is 5.31.